The normalized spacial score (nSPS) is 12.9. The second-order valence-corrected chi connectivity index (χ2v) is 2.17. The second-order valence-electron chi connectivity index (χ2n) is 2.17. The van der Waals surface area contributed by atoms with E-state index in [2.05, 4.69) is 5.32 Å². The molecule has 0 saturated heterocycles. The molecular formula is C7H15NO3. The maximum Gasteiger partial charge on any atom is 0.320 e. The SMILES string of the molecule is CCOCC[C@H](NC)C(=O)O. The Morgan fingerprint density at radius 1 is 1.73 bits per heavy atom. The summed E-state index contributed by atoms with van der Waals surface area (Å²) in [6.45, 7) is 3.01. The molecule has 0 aliphatic heterocycles. The van der Waals surface area contributed by atoms with E-state index in [9.17, 15) is 4.79 Å². The van der Waals surface area contributed by atoms with E-state index >= 15 is 0 Å². The predicted octanol–water partition coefficient (Wildman–Crippen LogP) is 0.0856. The van der Waals surface area contributed by atoms with Gasteiger partial charge in [-0.3, -0.25) is 4.79 Å². The van der Waals surface area contributed by atoms with Crippen molar-refractivity contribution >= 4 is 5.97 Å². The van der Waals surface area contributed by atoms with Crippen LogP contribution >= 0.6 is 0 Å². The molecule has 0 aromatic heterocycles. The van der Waals surface area contributed by atoms with Crippen molar-refractivity contribution in [3.8, 4) is 0 Å². The van der Waals surface area contributed by atoms with Crippen molar-refractivity contribution in [3.63, 3.8) is 0 Å². The maximum absolute atomic E-state index is 10.4. The van der Waals surface area contributed by atoms with E-state index < -0.39 is 12.0 Å². The Kier molecular flexibility index (Phi) is 5.78. The topological polar surface area (TPSA) is 58.6 Å². The minimum Gasteiger partial charge on any atom is -0.480 e. The summed E-state index contributed by atoms with van der Waals surface area (Å²) >= 11 is 0. The first-order valence-corrected chi connectivity index (χ1v) is 3.70. The molecule has 0 spiro atoms. The van der Waals surface area contributed by atoms with Crippen LogP contribution in [0.1, 0.15) is 13.3 Å². The zero-order valence-corrected chi connectivity index (χ0v) is 6.96. The van der Waals surface area contributed by atoms with E-state index in [4.69, 9.17) is 9.84 Å². The lowest BCUT2D eigenvalue weighted by atomic mass is 10.2. The average molecular weight is 161 g/mol. The zero-order valence-electron chi connectivity index (χ0n) is 6.96. The van der Waals surface area contributed by atoms with Crippen molar-refractivity contribution in [1.82, 2.24) is 5.32 Å². The van der Waals surface area contributed by atoms with Crippen LogP contribution in [0.3, 0.4) is 0 Å². The van der Waals surface area contributed by atoms with Crippen molar-refractivity contribution in [2.24, 2.45) is 0 Å². The fourth-order valence-corrected chi connectivity index (χ4v) is 0.737. The quantitative estimate of drug-likeness (QED) is 0.542. The van der Waals surface area contributed by atoms with Gasteiger partial charge in [-0.1, -0.05) is 0 Å². The van der Waals surface area contributed by atoms with Crippen LogP contribution < -0.4 is 5.32 Å². The van der Waals surface area contributed by atoms with Crippen molar-refractivity contribution < 1.29 is 14.6 Å². The van der Waals surface area contributed by atoms with E-state index in [1.807, 2.05) is 6.92 Å². The number of carbonyl (C=O) groups is 1. The minimum atomic E-state index is -0.827. The molecule has 0 aromatic carbocycles. The van der Waals surface area contributed by atoms with Gasteiger partial charge in [0.15, 0.2) is 0 Å². The standard InChI is InChI=1S/C7H15NO3/c1-3-11-5-4-6(8-2)7(9)10/h6,8H,3-5H2,1-2H3,(H,9,10)/t6-/m0/s1. The number of nitrogens with one attached hydrogen (secondary N) is 1. The number of aliphatic carboxylic acids is 1. The van der Waals surface area contributed by atoms with Gasteiger partial charge in [-0.25, -0.2) is 0 Å². The molecule has 0 aliphatic rings. The first-order chi connectivity index (χ1) is 5.22. The highest BCUT2D eigenvalue weighted by atomic mass is 16.5. The van der Waals surface area contributed by atoms with E-state index in [-0.39, 0.29) is 0 Å². The van der Waals surface area contributed by atoms with Crippen molar-refractivity contribution in [1.29, 1.82) is 0 Å². The van der Waals surface area contributed by atoms with Gasteiger partial charge in [0.1, 0.15) is 6.04 Å². The molecular weight excluding hydrogens is 146 g/mol. The molecule has 0 amide bonds. The molecule has 0 rings (SSSR count). The van der Waals surface area contributed by atoms with Crippen LogP contribution in [-0.2, 0) is 9.53 Å². The molecule has 0 saturated carbocycles. The van der Waals surface area contributed by atoms with Gasteiger partial charge in [0.25, 0.3) is 0 Å². The molecule has 0 radical (unpaired) electrons. The molecule has 0 unspecified atom stereocenters. The zero-order chi connectivity index (χ0) is 8.69. The summed E-state index contributed by atoms with van der Waals surface area (Å²) in [7, 11) is 1.63. The van der Waals surface area contributed by atoms with Gasteiger partial charge < -0.3 is 15.2 Å². The van der Waals surface area contributed by atoms with Gasteiger partial charge >= 0.3 is 5.97 Å². The third kappa shape index (κ3) is 4.75. The van der Waals surface area contributed by atoms with Crippen LogP contribution in [0.2, 0.25) is 0 Å². The largest absolute Gasteiger partial charge is 0.480 e. The number of hydrogen-bond donors (Lipinski definition) is 2. The van der Waals surface area contributed by atoms with Gasteiger partial charge in [0, 0.05) is 13.2 Å². The molecule has 0 aromatic rings. The van der Waals surface area contributed by atoms with Crippen LogP contribution in [0.4, 0.5) is 0 Å². The second kappa shape index (κ2) is 6.12. The Bertz CT molecular complexity index is 116. The van der Waals surface area contributed by atoms with Crippen LogP contribution in [0, 0.1) is 0 Å². The summed E-state index contributed by atoms with van der Waals surface area (Å²) in [4.78, 5) is 10.4. The Labute approximate surface area is 66.5 Å². The summed E-state index contributed by atoms with van der Waals surface area (Å²) in [5, 5.41) is 11.2. The summed E-state index contributed by atoms with van der Waals surface area (Å²) in [5.74, 6) is -0.827. The van der Waals surface area contributed by atoms with Crippen LogP contribution in [0.15, 0.2) is 0 Å². The van der Waals surface area contributed by atoms with Gasteiger partial charge in [-0.2, -0.15) is 0 Å². The van der Waals surface area contributed by atoms with E-state index in [1.165, 1.54) is 0 Å². The highest BCUT2D eigenvalue weighted by Crippen LogP contribution is 1.91. The average Bonchev–Trinajstić information content (AvgIpc) is 1.97. The van der Waals surface area contributed by atoms with Crippen LogP contribution in [0.25, 0.3) is 0 Å². The lowest BCUT2D eigenvalue weighted by Crippen LogP contribution is -2.34. The van der Waals surface area contributed by atoms with Crippen molar-refractivity contribution in [2.45, 2.75) is 19.4 Å². The smallest absolute Gasteiger partial charge is 0.320 e. The number of carboxylic acid groups (broad SMARTS) is 1. The van der Waals surface area contributed by atoms with Crippen molar-refractivity contribution in [2.75, 3.05) is 20.3 Å². The molecule has 4 heteroatoms. The number of hydrogen-bond acceptors (Lipinski definition) is 3. The molecule has 2 N–H and O–H groups in total. The molecule has 0 bridgehead atoms. The number of carboxylic acids is 1. The van der Waals surface area contributed by atoms with Gasteiger partial charge in [-0.05, 0) is 20.4 Å². The molecule has 11 heavy (non-hydrogen) atoms. The first kappa shape index (κ1) is 10.4. The minimum absolute atomic E-state index is 0.485. The number of likely N-dealkylation sites (N-methyl/N-ethyl adjacent to an activating group) is 1. The van der Waals surface area contributed by atoms with Crippen LogP contribution in [-0.4, -0.2) is 37.4 Å². The first-order valence-electron chi connectivity index (χ1n) is 3.70. The molecule has 66 valence electrons. The fourth-order valence-electron chi connectivity index (χ4n) is 0.737. The Hall–Kier alpha value is -0.610. The summed E-state index contributed by atoms with van der Waals surface area (Å²) < 4.78 is 5.01. The number of ether oxygens (including phenoxy) is 1. The molecule has 0 aliphatic carbocycles. The third-order valence-electron chi connectivity index (χ3n) is 1.40. The fraction of sp³-hybridized carbons (Fsp3) is 0.857. The highest BCUT2D eigenvalue weighted by molar-refractivity contribution is 5.73. The summed E-state index contributed by atoms with van der Waals surface area (Å²) in [5.41, 5.74) is 0. The lowest BCUT2D eigenvalue weighted by molar-refractivity contribution is -0.139. The molecule has 0 heterocycles. The van der Waals surface area contributed by atoms with E-state index in [0.717, 1.165) is 0 Å². The Morgan fingerprint density at radius 2 is 2.36 bits per heavy atom. The molecule has 1 atom stereocenters. The molecule has 0 fully saturated rings. The predicted molar refractivity (Wildman–Crippen MR) is 41.6 cm³/mol. The summed E-state index contributed by atoms with van der Waals surface area (Å²) in [6.07, 6.45) is 0.514. The highest BCUT2D eigenvalue weighted by Gasteiger charge is 2.13. The van der Waals surface area contributed by atoms with E-state index in [0.29, 0.717) is 19.6 Å². The van der Waals surface area contributed by atoms with Crippen molar-refractivity contribution in [3.05, 3.63) is 0 Å². The summed E-state index contributed by atoms with van der Waals surface area (Å²) in [6, 6.07) is -0.485. The third-order valence-corrected chi connectivity index (χ3v) is 1.40. The lowest BCUT2D eigenvalue weighted by Gasteiger charge is -2.09. The monoisotopic (exact) mass is 161 g/mol. The molecule has 4 nitrogen and oxygen atoms in total. The van der Waals surface area contributed by atoms with Gasteiger partial charge in [0.2, 0.25) is 0 Å². The Balaban J connectivity index is 3.44. The van der Waals surface area contributed by atoms with E-state index in [1.54, 1.807) is 7.05 Å². The maximum atomic E-state index is 10.4. The number of rotatable bonds is 6. The van der Waals surface area contributed by atoms with Gasteiger partial charge in [0.05, 0.1) is 0 Å². The Morgan fingerprint density at radius 3 is 2.73 bits per heavy atom. The van der Waals surface area contributed by atoms with Crippen LogP contribution in [0.5, 0.6) is 0 Å². The van der Waals surface area contributed by atoms with Gasteiger partial charge in [-0.15, -0.1) is 0 Å².